The van der Waals surface area contributed by atoms with Crippen LogP contribution in [0.2, 0.25) is 5.02 Å². The number of halogens is 2. The van der Waals surface area contributed by atoms with E-state index in [2.05, 4.69) is 40.4 Å². The van der Waals surface area contributed by atoms with Crippen molar-refractivity contribution in [3.8, 4) is 5.75 Å². The molecule has 0 aliphatic heterocycles. The highest BCUT2D eigenvalue weighted by atomic mass is 79.9. The van der Waals surface area contributed by atoms with Crippen molar-refractivity contribution in [2.75, 3.05) is 11.9 Å². The van der Waals surface area contributed by atoms with E-state index in [4.69, 9.17) is 28.6 Å². The molecule has 0 aliphatic carbocycles. The van der Waals surface area contributed by atoms with Crippen LogP contribution in [0, 0.1) is 16.0 Å². The molecule has 0 bridgehead atoms. The first-order chi connectivity index (χ1) is 13.7. The minimum atomic E-state index is -0.600. The molecule has 10 heteroatoms. The second kappa shape index (κ2) is 10.5. The third kappa shape index (κ3) is 6.95. The van der Waals surface area contributed by atoms with E-state index in [1.807, 2.05) is 0 Å². The quantitative estimate of drug-likeness (QED) is 0.294. The predicted molar refractivity (Wildman–Crippen MR) is 121 cm³/mol. The van der Waals surface area contributed by atoms with E-state index in [0.717, 1.165) is 6.42 Å². The molecule has 0 spiro atoms. The maximum Gasteiger partial charge on any atom is 0.289 e. The molecule has 154 valence electrons. The second-order valence-corrected chi connectivity index (χ2v) is 8.18. The van der Waals surface area contributed by atoms with Gasteiger partial charge < -0.3 is 10.1 Å². The van der Waals surface area contributed by atoms with Gasteiger partial charge in [-0.15, -0.1) is 0 Å². The van der Waals surface area contributed by atoms with Crippen molar-refractivity contribution in [2.24, 2.45) is 5.92 Å². The third-order valence-electron chi connectivity index (χ3n) is 3.77. The van der Waals surface area contributed by atoms with E-state index >= 15 is 0 Å². The summed E-state index contributed by atoms with van der Waals surface area (Å²) in [6.45, 7) is 4.82. The molecule has 2 N–H and O–H groups in total. The molecule has 29 heavy (non-hydrogen) atoms. The van der Waals surface area contributed by atoms with E-state index in [-0.39, 0.29) is 15.8 Å². The molecule has 0 saturated heterocycles. The van der Waals surface area contributed by atoms with Gasteiger partial charge in [0.05, 0.1) is 16.0 Å². The Labute approximate surface area is 187 Å². The van der Waals surface area contributed by atoms with Crippen LogP contribution < -0.4 is 15.4 Å². The largest absolute Gasteiger partial charge is 0.492 e. The summed E-state index contributed by atoms with van der Waals surface area (Å²) in [5, 5.41) is 16.2. The number of benzene rings is 2. The van der Waals surface area contributed by atoms with E-state index in [1.165, 1.54) is 18.2 Å². The lowest BCUT2D eigenvalue weighted by Gasteiger charge is -2.12. The number of nitrogens with one attached hydrogen (secondary N) is 2. The van der Waals surface area contributed by atoms with Gasteiger partial charge in [0.25, 0.3) is 11.6 Å². The van der Waals surface area contributed by atoms with E-state index in [9.17, 15) is 14.9 Å². The van der Waals surface area contributed by atoms with Gasteiger partial charge in [0.1, 0.15) is 10.8 Å². The number of thiocarbonyl (C=S) groups is 1. The fourth-order valence-electron chi connectivity index (χ4n) is 2.23. The first-order valence-corrected chi connectivity index (χ1v) is 10.2. The molecule has 7 nitrogen and oxygen atoms in total. The fourth-order valence-corrected chi connectivity index (χ4v) is 3.12. The molecule has 0 radical (unpaired) electrons. The topological polar surface area (TPSA) is 93.5 Å². The molecule has 1 amide bonds. The summed E-state index contributed by atoms with van der Waals surface area (Å²) in [5.74, 6) is 0.756. The SMILES string of the molecule is CC(C)CCOc1ccc(C(=O)NC(=S)Nc2ccc(Cl)c([N+](=O)[O-])c2)cc1Br. The maximum atomic E-state index is 12.4. The molecule has 2 rings (SSSR count). The van der Waals surface area contributed by atoms with Gasteiger partial charge in [0.2, 0.25) is 0 Å². The van der Waals surface area contributed by atoms with E-state index < -0.39 is 10.8 Å². The van der Waals surface area contributed by atoms with Crippen molar-refractivity contribution < 1.29 is 14.5 Å². The van der Waals surface area contributed by atoms with Crippen LogP contribution in [0.25, 0.3) is 0 Å². The molecular formula is C19H19BrClN3O4S. The molecule has 2 aromatic rings. The highest BCUT2D eigenvalue weighted by molar-refractivity contribution is 9.10. The summed E-state index contributed by atoms with van der Waals surface area (Å²) in [6, 6.07) is 9.10. The summed E-state index contributed by atoms with van der Waals surface area (Å²) < 4.78 is 6.35. The lowest BCUT2D eigenvalue weighted by atomic mass is 10.1. The highest BCUT2D eigenvalue weighted by Crippen LogP contribution is 2.28. The molecule has 0 atom stereocenters. The Morgan fingerprint density at radius 1 is 1.31 bits per heavy atom. The maximum absolute atomic E-state index is 12.4. The normalized spacial score (nSPS) is 10.5. The van der Waals surface area contributed by atoms with Crippen molar-refractivity contribution >= 4 is 62.1 Å². The summed E-state index contributed by atoms with van der Waals surface area (Å²) in [5.41, 5.74) is 0.448. The number of nitrogens with zero attached hydrogens (tertiary/aromatic N) is 1. The van der Waals surface area contributed by atoms with Gasteiger partial charge in [-0.2, -0.15) is 0 Å². The highest BCUT2D eigenvalue weighted by Gasteiger charge is 2.15. The summed E-state index contributed by atoms with van der Waals surface area (Å²) >= 11 is 14.3. The predicted octanol–water partition coefficient (Wildman–Crippen LogP) is 5.56. The van der Waals surface area contributed by atoms with E-state index in [1.54, 1.807) is 18.2 Å². The average molecular weight is 501 g/mol. The van der Waals surface area contributed by atoms with Crippen LogP contribution in [-0.4, -0.2) is 22.5 Å². The third-order valence-corrected chi connectivity index (χ3v) is 4.92. The van der Waals surface area contributed by atoms with Crippen molar-refractivity contribution in [3.63, 3.8) is 0 Å². The number of hydrogen-bond acceptors (Lipinski definition) is 5. The Bertz CT molecular complexity index is 940. The number of amides is 1. The molecule has 0 aliphatic rings. The van der Waals surface area contributed by atoms with Gasteiger partial charge in [-0.3, -0.25) is 20.2 Å². The van der Waals surface area contributed by atoms with Crippen LogP contribution in [0.4, 0.5) is 11.4 Å². The van der Waals surface area contributed by atoms with Gasteiger partial charge in [-0.05, 0) is 70.8 Å². The van der Waals surface area contributed by atoms with Crippen molar-refractivity contribution in [2.45, 2.75) is 20.3 Å². The lowest BCUT2D eigenvalue weighted by molar-refractivity contribution is -0.384. The molecule has 0 aromatic heterocycles. The number of rotatable bonds is 7. The first-order valence-electron chi connectivity index (χ1n) is 8.66. The van der Waals surface area contributed by atoms with Gasteiger partial charge in [0.15, 0.2) is 5.11 Å². The molecule has 0 unspecified atom stereocenters. The fraction of sp³-hybridized carbons (Fsp3) is 0.263. The van der Waals surface area contributed by atoms with Gasteiger partial charge in [-0.1, -0.05) is 25.4 Å². The second-order valence-electron chi connectivity index (χ2n) is 6.51. The van der Waals surface area contributed by atoms with Gasteiger partial charge in [0, 0.05) is 17.3 Å². The van der Waals surface area contributed by atoms with Crippen LogP contribution in [0.15, 0.2) is 40.9 Å². The monoisotopic (exact) mass is 499 g/mol. The van der Waals surface area contributed by atoms with Gasteiger partial charge in [-0.25, -0.2) is 0 Å². The minimum absolute atomic E-state index is 0.00000258. The molecular weight excluding hydrogens is 482 g/mol. The number of hydrogen-bond donors (Lipinski definition) is 2. The van der Waals surface area contributed by atoms with Crippen molar-refractivity contribution in [1.29, 1.82) is 0 Å². The Morgan fingerprint density at radius 2 is 2.03 bits per heavy atom. The van der Waals surface area contributed by atoms with Crippen LogP contribution in [-0.2, 0) is 0 Å². The van der Waals surface area contributed by atoms with Crippen LogP contribution in [0.3, 0.4) is 0 Å². The number of anilines is 1. The van der Waals surface area contributed by atoms with Crippen molar-refractivity contribution in [1.82, 2.24) is 5.32 Å². The summed E-state index contributed by atoms with van der Waals surface area (Å²) in [4.78, 5) is 22.8. The smallest absolute Gasteiger partial charge is 0.289 e. The summed E-state index contributed by atoms with van der Waals surface area (Å²) in [6.07, 6.45) is 0.928. The Hall–Kier alpha value is -2.23. The van der Waals surface area contributed by atoms with Crippen LogP contribution in [0.5, 0.6) is 5.75 Å². The van der Waals surface area contributed by atoms with Gasteiger partial charge >= 0.3 is 0 Å². The number of carbonyl (C=O) groups is 1. The van der Waals surface area contributed by atoms with Crippen molar-refractivity contribution in [3.05, 3.63) is 61.6 Å². The lowest BCUT2D eigenvalue weighted by Crippen LogP contribution is -2.34. The average Bonchev–Trinajstić information content (AvgIpc) is 2.64. The standard InChI is InChI=1S/C19H19BrClN3O4S/c1-11(2)7-8-28-17-6-3-12(9-14(17)20)18(25)23-19(29)22-13-4-5-15(21)16(10-13)24(26)27/h3-6,9-11H,7-8H2,1-2H3,(H2,22,23,25,29). The zero-order valence-corrected chi connectivity index (χ0v) is 18.9. The Kier molecular flexibility index (Phi) is 8.36. The minimum Gasteiger partial charge on any atom is -0.492 e. The number of carbonyl (C=O) groups excluding carboxylic acids is 1. The Morgan fingerprint density at radius 3 is 2.66 bits per heavy atom. The van der Waals surface area contributed by atoms with Crippen LogP contribution >= 0.6 is 39.7 Å². The number of ether oxygens (including phenoxy) is 1. The zero-order valence-electron chi connectivity index (χ0n) is 15.7. The van der Waals surface area contributed by atoms with Crippen LogP contribution in [0.1, 0.15) is 30.6 Å². The molecule has 2 aromatic carbocycles. The molecule has 0 fully saturated rings. The molecule has 0 heterocycles. The van der Waals surface area contributed by atoms with E-state index in [0.29, 0.717) is 34.0 Å². The number of nitro benzene ring substituents is 1. The first kappa shape index (κ1) is 23.1. The number of nitro groups is 1. The molecule has 0 saturated carbocycles. The Balaban J connectivity index is 1.99. The summed E-state index contributed by atoms with van der Waals surface area (Å²) in [7, 11) is 0. The zero-order chi connectivity index (χ0) is 21.6.